The second-order valence-electron chi connectivity index (χ2n) is 4.69. The molecule has 0 radical (unpaired) electrons. The molecule has 0 saturated carbocycles. The van der Waals surface area contributed by atoms with Gasteiger partial charge in [-0.25, -0.2) is 9.00 Å². The Morgan fingerprint density at radius 3 is 2.17 bits per heavy atom. The highest BCUT2D eigenvalue weighted by Gasteiger charge is 2.18. The second-order valence-corrected chi connectivity index (χ2v) is 6.89. The van der Waals surface area contributed by atoms with Crippen LogP contribution < -0.4 is 0 Å². The number of allylic oxidation sites excluding steroid dienone is 3. The van der Waals surface area contributed by atoms with Crippen molar-refractivity contribution in [2.45, 2.75) is 33.3 Å². The molecule has 2 N–H and O–H groups in total. The number of aliphatic hydroxyl groups excluding tert-OH is 2. The van der Waals surface area contributed by atoms with Crippen LogP contribution in [0, 0.1) is 0 Å². The standard InChI is InChI=1S/C11H19NO5S/c1-8(13)6-7-9(14)18(5,16)12-10(15)17-11(2,3)4/h6-7,13-14H,1-5H3/b8-6+,9-7?. The van der Waals surface area contributed by atoms with Crippen LogP contribution in [0.4, 0.5) is 4.79 Å². The third-order valence-corrected chi connectivity index (χ3v) is 2.91. The van der Waals surface area contributed by atoms with Gasteiger partial charge in [0.1, 0.15) is 15.3 Å². The van der Waals surface area contributed by atoms with Gasteiger partial charge in [-0.15, -0.1) is 4.36 Å². The SMILES string of the molecule is C/C(O)=C\C=C(O)S(C)(=O)=NC(=O)OC(C)(C)C. The monoisotopic (exact) mass is 277 g/mol. The van der Waals surface area contributed by atoms with E-state index in [1.807, 2.05) is 0 Å². The quantitative estimate of drug-likeness (QED) is 0.597. The molecule has 104 valence electrons. The van der Waals surface area contributed by atoms with Crippen molar-refractivity contribution >= 4 is 15.8 Å². The Morgan fingerprint density at radius 1 is 1.28 bits per heavy atom. The second kappa shape index (κ2) is 5.90. The minimum atomic E-state index is -3.27. The normalized spacial score (nSPS) is 16.9. The number of hydrogen-bond acceptors (Lipinski definition) is 5. The zero-order valence-corrected chi connectivity index (χ0v) is 11.9. The average molecular weight is 277 g/mol. The van der Waals surface area contributed by atoms with E-state index in [0.717, 1.165) is 18.4 Å². The number of carbonyl (C=O) groups is 1. The summed E-state index contributed by atoms with van der Waals surface area (Å²) in [5.41, 5.74) is -0.753. The molecule has 0 aromatic heterocycles. The van der Waals surface area contributed by atoms with Gasteiger partial charge in [0.2, 0.25) is 0 Å². The van der Waals surface area contributed by atoms with Crippen LogP contribution in [0.15, 0.2) is 27.4 Å². The Bertz CT molecular complexity index is 486. The number of aliphatic hydroxyl groups is 2. The molecule has 0 rings (SSSR count). The Labute approximate surface area is 107 Å². The molecule has 0 bridgehead atoms. The summed E-state index contributed by atoms with van der Waals surface area (Å²) in [4.78, 5) is 11.3. The third kappa shape index (κ3) is 6.95. The molecule has 0 aromatic rings. The van der Waals surface area contributed by atoms with Gasteiger partial charge >= 0.3 is 6.09 Å². The zero-order chi connectivity index (χ0) is 14.6. The summed E-state index contributed by atoms with van der Waals surface area (Å²) in [6, 6.07) is 0. The Balaban J connectivity index is 5.15. The molecule has 0 spiro atoms. The van der Waals surface area contributed by atoms with Gasteiger partial charge in [-0.05, 0) is 39.8 Å². The molecule has 18 heavy (non-hydrogen) atoms. The van der Waals surface area contributed by atoms with E-state index >= 15 is 0 Å². The van der Waals surface area contributed by atoms with E-state index in [1.165, 1.54) is 6.92 Å². The van der Waals surface area contributed by atoms with Crippen LogP contribution in [0.2, 0.25) is 0 Å². The van der Waals surface area contributed by atoms with Gasteiger partial charge in [0.15, 0.2) is 5.09 Å². The summed E-state index contributed by atoms with van der Waals surface area (Å²) in [6.07, 6.45) is 2.25. The lowest BCUT2D eigenvalue weighted by Crippen LogP contribution is -2.22. The van der Waals surface area contributed by atoms with Crippen molar-refractivity contribution < 1.29 is 24.0 Å². The molecular formula is C11H19NO5S. The van der Waals surface area contributed by atoms with Crippen molar-refractivity contribution in [3.8, 4) is 0 Å². The van der Waals surface area contributed by atoms with Gasteiger partial charge in [-0.1, -0.05) is 0 Å². The van der Waals surface area contributed by atoms with Crippen molar-refractivity contribution in [1.82, 2.24) is 0 Å². The van der Waals surface area contributed by atoms with Gasteiger partial charge in [0.25, 0.3) is 0 Å². The van der Waals surface area contributed by atoms with Crippen LogP contribution in [0.3, 0.4) is 0 Å². The molecule has 1 unspecified atom stereocenters. The summed E-state index contributed by atoms with van der Waals surface area (Å²) in [5, 5.41) is 17.8. The highest BCUT2D eigenvalue weighted by molar-refractivity contribution is 7.96. The fourth-order valence-electron chi connectivity index (χ4n) is 0.788. The van der Waals surface area contributed by atoms with Crippen molar-refractivity contribution in [1.29, 1.82) is 0 Å². The largest absolute Gasteiger partial charge is 0.513 e. The van der Waals surface area contributed by atoms with Crippen molar-refractivity contribution in [3.63, 3.8) is 0 Å². The molecule has 1 amide bonds. The minimum absolute atomic E-state index is 0.0750. The number of rotatable bonds is 2. The summed E-state index contributed by atoms with van der Waals surface area (Å²) in [5.74, 6) is -0.0750. The predicted molar refractivity (Wildman–Crippen MR) is 69.8 cm³/mol. The van der Waals surface area contributed by atoms with E-state index in [4.69, 9.17) is 9.84 Å². The van der Waals surface area contributed by atoms with E-state index < -0.39 is 26.5 Å². The highest BCUT2D eigenvalue weighted by Crippen LogP contribution is 2.11. The molecule has 0 saturated heterocycles. The van der Waals surface area contributed by atoms with E-state index in [0.29, 0.717) is 0 Å². The van der Waals surface area contributed by atoms with Crippen LogP contribution in [0.1, 0.15) is 27.7 Å². The number of carbonyl (C=O) groups excluding carboxylic acids is 1. The lowest BCUT2D eigenvalue weighted by molar-refractivity contribution is 0.0607. The van der Waals surface area contributed by atoms with Gasteiger partial charge in [0.05, 0.1) is 5.76 Å². The predicted octanol–water partition coefficient (Wildman–Crippen LogP) is 2.88. The minimum Gasteiger partial charge on any atom is -0.513 e. The van der Waals surface area contributed by atoms with Gasteiger partial charge in [0, 0.05) is 6.26 Å². The zero-order valence-electron chi connectivity index (χ0n) is 11.1. The smallest absolute Gasteiger partial charge is 0.442 e. The lowest BCUT2D eigenvalue weighted by Gasteiger charge is -2.17. The number of amides is 1. The first-order valence-electron chi connectivity index (χ1n) is 5.16. The van der Waals surface area contributed by atoms with E-state index in [-0.39, 0.29) is 5.76 Å². The van der Waals surface area contributed by atoms with Gasteiger partial charge < -0.3 is 14.9 Å². The third-order valence-electron chi connectivity index (χ3n) is 1.50. The Morgan fingerprint density at radius 2 is 1.78 bits per heavy atom. The number of hydrogen-bond donors (Lipinski definition) is 2. The molecule has 0 aliphatic heterocycles. The molecule has 7 heteroatoms. The average Bonchev–Trinajstić information content (AvgIpc) is 2.09. The van der Waals surface area contributed by atoms with Crippen LogP contribution in [-0.2, 0) is 14.5 Å². The van der Waals surface area contributed by atoms with Crippen LogP contribution in [0.25, 0.3) is 0 Å². The summed E-state index contributed by atoms with van der Waals surface area (Å²) < 4.78 is 20.1. The van der Waals surface area contributed by atoms with Crippen molar-refractivity contribution in [2.24, 2.45) is 4.36 Å². The molecular weight excluding hydrogens is 258 g/mol. The van der Waals surface area contributed by atoms with E-state index in [1.54, 1.807) is 20.8 Å². The highest BCUT2D eigenvalue weighted by atomic mass is 32.2. The van der Waals surface area contributed by atoms with Gasteiger partial charge in [-0.3, -0.25) is 0 Å². The lowest BCUT2D eigenvalue weighted by atomic mass is 10.2. The maximum Gasteiger partial charge on any atom is 0.442 e. The van der Waals surface area contributed by atoms with Crippen molar-refractivity contribution in [3.05, 3.63) is 23.0 Å². The summed E-state index contributed by atoms with van der Waals surface area (Å²) >= 11 is 0. The summed E-state index contributed by atoms with van der Waals surface area (Å²) in [7, 11) is -3.27. The van der Waals surface area contributed by atoms with E-state index in [2.05, 4.69) is 4.36 Å². The van der Waals surface area contributed by atoms with Crippen LogP contribution >= 0.6 is 0 Å². The number of nitrogens with zero attached hydrogens (tertiary/aromatic N) is 1. The Kier molecular flexibility index (Phi) is 5.41. The molecule has 0 aliphatic rings. The molecule has 6 nitrogen and oxygen atoms in total. The molecule has 1 atom stereocenters. The molecule has 0 aromatic carbocycles. The first-order chi connectivity index (χ1) is 7.94. The topological polar surface area (TPSA) is 96.2 Å². The Hall–Kier alpha value is -1.50. The van der Waals surface area contributed by atoms with Gasteiger partial charge in [-0.2, -0.15) is 0 Å². The van der Waals surface area contributed by atoms with Crippen LogP contribution in [-0.4, -0.2) is 32.4 Å². The first kappa shape index (κ1) is 16.5. The fourth-order valence-corrected chi connectivity index (χ4v) is 1.52. The van der Waals surface area contributed by atoms with Crippen molar-refractivity contribution in [2.75, 3.05) is 6.26 Å². The first-order valence-corrected chi connectivity index (χ1v) is 7.08. The maximum atomic E-state index is 11.9. The molecule has 0 aliphatic carbocycles. The summed E-state index contributed by atoms with van der Waals surface area (Å²) in [6.45, 7) is 6.31. The number of ether oxygens (including phenoxy) is 1. The molecule has 0 heterocycles. The maximum absolute atomic E-state index is 11.9. The fraction of sp³-hybridized carbons (Fsp3) is 0.545. The van der Waals surface area contributed by atoms with E-state index in [9.17, 15) is 14.1 Å². The van der Waals surface area contributed by atoms with Crippen LogP contribution in [0.5, 0.6) is 0 Å². The molecule has 0 fully saturated rings.